The minimum Gasteiger partial charge on any atom is -0.379 e. The number of hydrogen-bond acceptors (Lipinski definition) is 4. The number of amides is 1. The topological polar surface area (TPSA) is 67.6 Å². The maximum Gasteiger partial charge on any atom is 0.237 e. The van der Waals surface area contributed by atoms with Crippen molar-refractivity contribution < 1.29 is 9.53 Å². The lowest BCUT2D eigenvalue weighted by molar-refractivity contribution is -0.123. The molecule has 0 bridgehead atoms. The van der Waals surface area contributed by atoms with Gasteiger partial charge in [-0.3, -0.25) is 9.69 Å². The summed E-state index contributed by atoms with van der Waals surface area (Å²) < 4.78 is 5.39. The molecule has 0 aliphatic carbocycles. The lowest BCUT2D eigenvalue weighted by Crippen LogP contribution is -2.51. The quantitative estimate of drug-likeness (QED) is 0.781. The third kappa shape index (κ3) is 5.40. The molecule has 2 rings (SSSR count). The number of hydrogen-bond donors (Lipinski definition) is 2. The molecule has 5 nitrogen and oxygen atoms in total. The highest BCUT2D eigenvalue weighted by molar-refractivity contribution is 5.81. The third-order valence-corrected chi connectivity index (χ3v) is 4.03. The molecule has 1 amide bonds. The van der Waals surface area contributed by atoms with Crippen molar-refractivity contribution in [1.82, 2.24) is 10.2 Å². The van der Waals surface area contributed by atoms with Crippen LogP contribution in [-0.4, -0.2) is 55.7 Å². The summed E-state index contributed by atoms with van der Waals surface area (Å²) in [4.78, 5) is 14.5. The average Bonchev–Trinajstić information content (AvgIpc) is 2.55. The minimum absolute atomic E-state index is 0.0586. The number of carbonyl (C=O) groups excluding carboxylic acids is 1. The monoisotopic (exact) mass is 305 g/mol. The molecular formula is C17H27N3O2. The number of ether oxygens (including phenoxy) is 1. The molecule has 1 fully saturated rings. The van der Waals surface area contributed by atoms with E-state index in [1.54, 1.807) is 0 Å². The molecule has 0 spiro atoms. The van der Waals surface area contributed by atoms with Gasteiger partial charge >= 0.3 is 0 Å². The van der Waals surface area contributed by atoms with Crippen LogP contribution in [0.2, 0.25) is 0 Å². The second-order valence-corrected chi connectivity index (χ2v) is 5.82. The molecule has 0 saturated carbocycles. The molecule has 1 heterocycles. The molecule has 1 aliphatic heterocycles. The van der Waals surface area contributed by atoms with E-state index in [1.807, 2.05) is 25.1 Å². The standard InChI is InChI=1S/C17H27N3O2/c1-2-16(18)17(21)19-15(12-14-6-4-3-5-7-14)13-20-8-10-22-11-9-20/h3-7,15-16H,2,8-13,18H2,1H3,(H,19,21)/t15?,16-/m0/s1. The second kappa shape index (κ2) is 8.88. The predicted octanol–water partition coefficient (Wildman–Crippen LogP) is 0.783. The molecule has 3 N–H and O–H groups in total. The third-order valence-electron chi connectivity index (χ3n) is 4.03. The van der Waals surface area contributed by atoms with Gasteiger partial charge in [0.25, 0.3) is 0 Å². The van der Waals surface area contributed by atoms with Crippen molar-refractivity contribution in [2.24, 2.45) is 5.73 Å². The first-order chi connectivity index (χ1) is 10.7. The molecule has 22 heavy (non-hydrogen) atoms. The summed E-state index contributed by atoms with van der Waals surface area (Å²) in [5.74, 6) is -0.0586. The van der Waals surface area contributed by atoms with Crippen LogP contribution in [-0.2, 0) is 16.0 Å². The predicted molar refractivity (Wildman–Crippen MR) is 87.6 cm³/mol. The first kappa shape index (κ1) is 16.9. The SMILES string of the molecule is CC[C@H](N)C(=O)NC(Cc1ccccc1)CN1CCOCC1. The second-order valence-electron chi connectivity index (χ2n) is 5.82. The molecular weight excluding hydrogens is 278 g/mol. The zero-order valence-electron chi connectivity index (χ0n) is 13.3. The van der Waals surface area contributed by atoms with Gasteiger partial charge in [-0.05, 0) is 18.4 Å². The van der Waals surface area contributed by atoms with Gasteiger partial charge < -0.3 is 15.8 Å². The van der Waals surface area contributed by atoms with Gasteiger partial charge in [0.2, 0.25) is 5.91 Å². The summed E-state index contributed by atoms with van der Waals surface area (Å²) >= 11 is 0. The highest BCUT2D eigenvalue weighted by Crippen LogP contribution is 2.07. The van der Waals surface area contributed by atoms with Crippen LogP contribution in [0.1, 0.15) is 18.9 Å². The minimum atomic E-state index is -0.428. The summed E-state index contributed by atoms with van der Waals surface area (Å²) in [5.41, 5.74) is 7.07. The Bertz CT molecular complexity index is 446. The van der Waals surface area contributed by atoms with Crippen LogP contribution in [0.15, 0.2) is 30.3 Å². The van der Waals surface area contributed by atoms with Crippen LogP contribution in [0.4, 0.5) is 0 Å². The van der Waals surface area contributed by atoms with Crippen molar-refractivity contribution in [3.05, 3.63) is 35.9 Å². The molecule has 2 atom stereocenters. The fourth-order valence-electron chi connectivity index (χ4n) is 2.65. The van der Waals surface area contributed by atoms with E-state index < -0.39 is 6.04 Å². The Kier molecular flexibility index (Phi) is 6.83. The van der Waals surface area contributed by atoms with Gasteiger partial charge in [-0.2, -0.15) is 0 Å². The Morgan fingerprint density at radius 3 is 2.64 bits per heavy atom. The molecule has 0 radical (unpaired) electrons. The molecule has 1 saturated heterocycles. The van der Waals surface area contributed by atoms with Crippen LogP contribution in [0.3, 0.4) is 0 Å². The Morgan fingerprint density at radius 2 is 2.00 bits per heavy atom. The molecule has 1 aliphatic rings. The molecule has 0 aromatic heterocycles. The van der Waals surface area contributed by atoms with E-state index in [0.717, 1.165) is 39.3 Å². The van der Waals surface area contributed by atoms with Gasteiger partial charge in [0.15, 0.2) is 0 Å². The number of carbonyl (C=O) groups is 1. The van der Waals surface area contributed by atoms with Gasteiger partial charge in [-0.25, -0.2) is 0 Å². The van der Waals surface area contributed by atoms with Gasteiger partial charge in [-0.15, -0.1) is 0 Å². The number of nitrogens with two attached hydrogens (primary N) is 1. The molecule has 1 unspecified atom stereocenters. The van der Waals surface area contributed by atoms with Gasteiger partial charge in [-0.1, -0.05) is 37.3 Å². The smallest absolute Gasteiger partial charge is 0.237 e. The van der Waals surface area contributed by atoms with Crippen molar-refractivity contribution in [3.63, 3.8) is 0 Å². The maximum atomic E-state index is 12.1. The van der Waals surface area contributed by atoms with Crippen molar-refractivity contribution in [1.29, 1.82) is 0 Å². The van der Waals surface area contributed by atoms with Crippen LogP contribution in [0, 0.1) is 0 Å². The number of nitrogens with zero attached hydrogens (tertiary/aromatic N) is 1. The van der Waals surface area contributed by atoms with E-state index in [9.17, 15) is 4.79 Å². The lowest BCUT2D eigenvalue weighted by atomic mass is 10.0. The van der Waals surface area contributed by atoms with Crippen molar-refractivity contribution in [2.45, 2.75) is 31.8 Å². The van der Waals surface area contributed by atoms with Gasteiger partial charge in [0.05, 0.1) is 19.3 Å². The van der Waals surface area contributed by atoms with Crippen molar-refractivity contribution >= 4 is 5.91 Å². The van der Waals surface area contributed by atoms with E-state index in [0.29, 0.717) is 6.42 Å². The van der Waals surface area contributed by atoms with Crippen molar-refractivity contribution in [2.75, 3.05) is 32.8 Å². The summed E-state index contributed by atoms with van der Waals surface area (Å²) in [6.07, 6.45) is 1.47. The largest absolute Gasteiger partial charge is 0.379 e. The summed E-state index contributed by atoms with van der Waals surface area (Å²) in [5, 5.41) is 3.12. The number of nitrogens with one attached hydrogen (secondary N) is 1. The highest BCUT2D eigenvalue weighted by Gasteiger charge is 2.21. The van der Waals surface area contributed by atoms with E-state index in [1.165, 1.54) is 5.56 Å². The fourth-order valence-corrected chi connectivity index (χ4v) is 2.65. The highest BCUT2D eigenvalue weighted by atomic mass is 16.5. The van der Waals surface area contributed by atoms with E-state index in [4.69, 9.17) is 10.5 Å². The normalized spacial score (nSPS) is 18.6. The maximum absolute atomic E-state index is 12.1. The summed E-state index contributed by atoms with van der Waals surface area (Å²) in [7, 11) is 0. The molecule has 5 heteroatoms. The molecule has 1 aromatic rings. The average molecular weight is 305 g/mol. The first-order valence-corrected chi connectivity index (χ1v) is 8.09. The number of benzene rings is 1. The molecule has 122 valence electrons. The summed E-state index contributed by atoms with van der Waals surface area (Å²) in [6.45, 7) is 6.13. The Labute approximate surface area is 132 Å². The van der Waals surface area contributed by atoms with E-state index in [2.05, 4.69) is 22.3 Å². The zero-order valence-corrected chi connectivity index (χ0v) is 13.3. The Morgan fingerprint density at radius 1 is 1.32 bits per heavy atom. The first-order valence-electron chi connectivity index (χ1n) is 8.09. The van der Waals surface area contributed by atoms with Crippen molar-refractivity contribution in [3.8, 4) is 0 Å². The lowest BCUT2D eigenvalue weighted by Gasteiger charge is -2.31. The van der Waals surface area contributed by atoms with Crippen LogP contribution < -0.4 is 11.1 Å². The number of rotatable bonds is 7. The zero-order chi connectivity index (χ0) is 15.8. The van der Waals surface area contributed by atoms with Crippen LogP contribution in [0.5, 0.6) is 0 Å². The van der Waals surface area contributed by atoms with Crippen LogP contribution >= 0.6 is 0 Å². The fraction of sp³-hybridized carbons (Fsp3) is 0.588. The molecule has 1 aromatic carbocycles. The van der Waals surface area contributed by atoms with Gasteiger partial charge in [0, 0.05) is 25.7 Å². The Balaban J connectivity index is 1.97. The van der Waals surface area contributed by atoms with E-state index in [-0.39, 0.29) is 11.9 Å². The van der Waals surface area contributed by atoms with Crippen LogP contribution in [0.25, 0.3) is 0 Å². The Hall–Kier alpha value is -1.43. The van der Waals surface area contributed by atoms with E-state index >= 15 is 0 Å². The number of morpholine rings is 1. The van der Waals surface area contributed by atoms with Gasteiger partial charge in [0.1, 0.15) is 0 Å². The summed E-state index contributed by atoms with van der Waals surface area (Å²) in [6, 6.07) is 9.90.